The van der Waals surface area contributed by atoms with Crippen molar-refractivity contribution < 1.29 is 18.7 Å². The first-order chi connectivity index (χ1) is 13.4. The molecule has 0 atom stereocenters. The Morgan fingerprint density at radius 2 is 1.25 bits per heavy atom. The van der Waals surface area contributed by atoms with Crippen LogP contribution < -0.4 is 5.32 Å². The van der Waals surface area contributed by atoms with Gasteiger partial charge in [-0.2, -0.15) is 0 Å². The molecule has 0 spiro atoms. The molecule has 0 unspecified atom stereocenters. The number of unbranched alkanes of at least 4 members (excludes halogenated alkanes) is 11. The van der Waals surface area contributed by atoms with E-state index in [1.165, 1.54) is 51.4 Å². The van der Waals surface area contributed by atoms with Crippen molar-refractivity contribution in [2.75, 3.05) is 11.9 Å². The van der Waals surface area contributed by atoms with Gasteiger partial charge < -0.3 is 10.4 Å². The highest BCUT2D eigenvalue weighted by molar-refractivity contribution is 5.87. The summed E-state index contributed by atoms with van der Waals surface area (Å²) in [5.41, 5.74) is 1.28. The lowest BCUT2D eigenvalue weighted by molar-refractivity contribution is 0.0103. The van der Waals surface area contributed by atoms with E-state index in [1.54, 1.807) is 12.1 Å². The van der Waals surface area contributed by atoms with Crippen molar-refractivity contribution in [1.29, 1.82) is 0 Å². The number of anilines is 1. The normalized spacial score (nSPS) is 11.5. The van der Waals surface area contributed by atoms with Gasteiger partial charge in [0.25, 0.3) is 0 Å². The van der Waals surface area contributed by atoms with Crippen LogP contribution in [0.2, 0.25) is 0 Å². The molecule has 0 bridgehead atoms. The number of nitrogens with one attached hydrogen (secondary N) is 1. The summed E-state index contributed by atoms with van der Waals surface area (Å²) in [6, 6.07) is 6.85. The van der Waals surface area contributed by atoms with Crippen molar-refractivity contribution in [1.82, 2.24) is 0 Å². The second-order valence-electron chi connectivity index (χ2n) is 7.87. The van der Waals surface area contributed by atoms with Gasteiger partial charge in [0.1, 0.15) is 0 Å². The van der Waals surface area contributed by atoms with Crippen LogP contribution in [0.5, 0.6) is 0 Å². The van der Waals surface area contributed by atoms with E-state index in [0.29, 0.717) is 12.0 Å². The van der Waals surface area contributed by atoms with Crippen molar-refractivity contribution in [3.8, 4) is 0 Å². The minimum Gasteiger partial charge on any atom is -0.478 e. The second-order valence-corrected chi connectivity index (χ2v) is 7.87. The molecule has 3 nitrogen and oxygen atoms in total. The van der Waals surface area contributed by atoms with Gasteiger partial charge in [-0.25, -0.2) is 13.6 Å². The fraction of sp³-hybridized carbons (Fsp3) is 0.696. The van der Waals surface area contributed by atoms with E-state index in [0.717, 1.165) is 38.4 Å². The molecular weight excluding hydrogens is 360 g/mol. The van der Waals surface area contributed by atoms with E-state index < -0.39 is 11.9 Å². The first-order valence-corrected chi connectivity index (χ1v) is 10.8. The number of alkyl halides is 2. The maximum Gasteiger partial charge on any atom is 0.335 e. The summed E-state index contributed by atoms with van der Waals surface area (Å²) < 4.78 is 25.3. The Hall–Kier alpha value is -1.65. The van der Waals surface area contributed by atoms with Crippen LogP contribution >= 0.6 is 0 Å². The fourth-order valence-corrected chi connectivity index (χ4v) is 3.29. The summed E-state index contributed by atoms with van der Waals surface area (Å²) >= 11 is 0. The van der Waals surface area contributed by atoms with Gasteiger partial charge in [-0.15, -0.1) is 0 Å². The number of aromatic carboxylic acids is 1. The third-order valence-corrected chi connectivity index (χ3v) is 5.00. The Balaban J connectivity index is 1.82. The molecule has 0 aliphatic carbocycles. The van der Waals surface area contributed by atoms with Crippen LogP contribution in [0.3, 0.4) is 0 Å². The SMILES string of the molecule is CC(F)(F)CCCCCCCCCCCCCCNc1ccc(C(=O)O)cc1. The molecule has 28 heavy (non-hydrogen) atoms. The Bertz CT molecular complexity index is 526. The number of halogens is 2. The van der Waals surface area contributed by atoms with Crippen LogP contribution in [0, 0.1) is 0 Å². The van der Waals surface area contributed by atoms with E-state index in [1.807, 2.05) is 12.1 Å². The lowest BCUT2D eigenvalue weighted by atomic mass is 10.0. The molecule has 1 aromatic rings. The Morgan fingerprint density at radius 3 is 1.68 bits per heavy atom. The molecular formula is C23H37F2NO2. The van der Waals surface area contributed by atoms with Crippen LogP contribution in [0.4, 0.5) is 14.5 Å². The smallest absolute Gasteiger partial charge is 0.335 e. The summed E-state index contributed by atoms with van der Waals surface area (Å²) in [5.74, 6) is -3.39. The minimum atomic E-state index is -2.50. The summed E-state index contributed by atoms with van der Waals surface area (Å²) in [5, 5.41) is 12.2. The molecule has 0 amide bonds. The Kier molecular flexibility index (Phi) is 12.5. The van der Waals surface area contributed by atoms with Crippen molar-refractivity contribution >= 4 is 11.7 Å². The number of rotatable bonds is 17. The highest BCUT2D eigenvalue weighted by atomic mass is 19.3. The number of carbonyl (C=O) groups is 1. The van der Waals surface area contributed by atoms with Crippen LogP contribution in [0.25, 0.3) is 0 Å². The summed E-state index contributed by atoms with van der Waals surface area (Å²) in [6.45, 7) is 1.92. The number of benzene rings is 1. The summed E-state index contributed by atoms with van der Waals surface area (Å²) in [4.78, 5) is 10.8. The van der Waals surface area contributed by atoms with Gasteiger partial charge in [0.15, 0.2) is 0 Å². The number of carboxylic acid groups (broad SMARTS) is 1. The predicted molar refractivity (Wildman–Crippen MR) is 113 cm³/mol. The van der Waals surface area contributed by atoms with Crippen molar-refractivity contribution in [3.05, 3.63) is 29.8 Å². The molecule has 160 valence electrons. The first kappa shape index (κ1) is 24.4. The molecule has 0 aliphatic heterocycles. The highest BCUT2D eigenvalue weighted by Gasteiger charge is 2.19. The van der Waals surface area contributed by atoms with E-state index in [4.69, 9.17) is 5.11 Å². The number of carboxylic acids is 1. The van der Waals surface area contributed by atoms with Crippen molar-refractivity contribution in [2.24, 2.45) is 0 Å². The average molecular weight is 398 g/mol. The molecule has 0 saturated carbocycles. The van der Waals surface area contributed by atoms with Gasteiger partial charge in [0, 0.05) is 18.7 Å². The monoisotopic (exact) mass is 397 g/mol. The van der Waals surface area contributed by atoms with Crippen LogP contribution in [0.15, 0.2) is 24.3 Å². The largest absolute Gasteiger partial charge is 0.478 e. The highest BCUT2D eigenvalue weighted by Crippen LogP contribution is 2.21. The molecule has 0 fully saturated rings. The standard InChI is InChI=1S/C23H37F2NO2/c1-23(24,25)18-12-10-8-6-4-2-3-5-7-9-11-13-19-26-21-16-14-20(15-17-21)22(27)28/h14-17,26H,2-13,18-19H2,1H3,(H,27,28). The van der Waals surface area contributed by atoms with E-state index >= 15 is 0 Å². The molecule has 1 aromatic carbocycles. The Morgan fingerprint density at radius 1 is 0.821 bits per heavy atom. The molecule has 5 heteroatoms. The molecule has 0 radical (unpaired) electrons. The minimum absolute atomic E-state index is 0.0273. The molecule has 0 saturated heterocycles. The third kappa shape index (κ3) is 13.5. The van der Waals surface area contributed by atoms with Crippen LogP contribution in [-0.2, 0) is 0 Å². The molecule has 0 heterocycles. The predicted octanol–water partition coefficient (Wildman–Crippen LogP) is 7.52. The van der Waals surface area contributed by atoms with Crippen LogP contribution in [0.1, 0.15) is 101 Å². The maximum absolute atomic E-state index is 12.7. The van der Waals surface area contributed by atoms with Gasteiger partial charge in [-0.05, 0) is 44.0 Å². The average Bonchev–Trinajstić information content (AvgIpc) is 2.64. The molecule has 0 aliphatic rings. The first-order valence-electron chi connectivity index (χ1n) is 10.8. The zero-order chi connectivity index (χ0) is 20.7. The van der Waals surface area contributed by atoms with Gasteiger partial charge in [-0.1, -0.05) is 64.2 Å². The fourth-order valence-electron chi connectivity index (χ4n) is 3.29. The zero-order valence-corrected chi connectivity index (χ0v) is 17.3. The Labute approximate surface area is 168 Å². The maximum atomic E-state index is 12.7. The molecule has 2 N–H and O–H groups in total. The topological polar surface area (TPSA) is 49.3 Å². The van der Waals surface area contributed by atoms with Gasteiger partial charge in [0.05, 0.1) is 5.56 Å². The van der Waals surface area contributed by atoms with E-state index in [9.17, 15) is 13.6 Å². The van der Waals surface area contributed by atoms with Gasteiger partial charge in [0.2, 0.25) is 5.92 Å². The quantitative estimate of drug-likeness (QED) is 0.267. The van der Waals surface area contributed by atoms with E-state index in [-0.39, 0.29) is 6.42 Å². The summed E-state index contributed by atoms with van der Waals surface area (Å²) in [7, 11) is 0. The molecule has 0 aromatic heterocycles. The molecule has 1 rings (SSSR count). The van der Waals surface area contributed by atoms with Crippen molar-refractivity contribution in [3.63, 3.8) is 0 Å². The van der Waals surface area contributed by atoms with Crippen LogP contribution in [-0.4, -0.2) is 23.5 Å². The third-order valence-electron chi connectivity index (χ3n) is 5.00. The van der Waals surface area contributed by atoms with Gasteiger partial charge in [-0.3, -0.25) is 0 Å². The number of hydrogen-bond donors (Lipinski definition) is 2. The van der Waals surface area contributed by atoms with E-state index in [2.05, 4.69) is 5.32 Å². The second kappa shape index (κ2) is 14.4. The lowest BCUT2D eigenvalue weighted by Crippen LogP contribution is -2.08. The van der Waals surface area contributed by atoms with Crippen molar-refractivity contribution in [2.45, 2.75) is 96.3 Å². The zero-order valence-electron chi connectivity index (χ0n) is 17.3. The summed E-state index contributed by atoms with van der Waals surface area (Å²) in [6.07, 6.45) is 13.8. The van der Waals surface area contributed by atoms with Gasteiger partial charge >= 0.3 is 5.97 Å². The number of hydrogen-bond acceptors (Lipinski definition) is 2. The lowest BCUT2D eigenvalue weighted by Gasteiger charge is -2.09.